The average molecular weight is 428 g/mol. The van der Waals surface area contributed by atoms with Gasteiger partial charge in [0.25, 0.3) is 0 Å². The molecule has 2 aromatic rings. The second-order valence-corrected chi connectivity index (χ2v) is 8.89. The van der Waals surface area contributed by atoms with Crippen molar-refractivity contribution in [1.82, 2.24) is 19.8 Å². The fourth-order valence-corrected chi connectivity index (χ4v) is 5.10. The van der Waals surface area contributed by atoms with Crippen molar-refractivity contribution >= 4 is 23.5 Å². The second-order valence-electron chi connectivity index (χ2n) is 8.45. The number of aromatic nitrogens is 2. The molecule has 1 amide bonds. The molecular weight excluding hydrogens is 402 g/mol. The molecule has 7 nitrogen and oxygen atoms in total. The molecule has 0 N–H and O–H groups in total. The predicted octanol–water partition coefficient (Wildman–Crippen LogP) is 3.11. The number of halogens is 1. The van der Waals surface area contributed by atoms with E-state index in [4.69, 9.17) is 16.3 Å². The molecule has 1 atom stereocenters. The summed E-state index contributed by atoms with van der Waals surface area (Å²) in [5.74, 6) is 1.72. The fraction of sp³-hybridized carbons (Fsp3) is 0.500. The number of aryl methyl sites for hydroxylation is 1. The summed E-state index contributed by atoms with van der Waals surface area (Å²) in [6.07, 6.45) is 3.28. The van der Waals surface area contributed by atoms with Crippen molar-refractivity contribution in [2.75, 3.05) is 37.6 Å². The lowest BCUT2D eigenvalue weighted by Crippen LogP contribution is -2.60. The first kappa shape index (κ1) is 19.6. The van der Waals surface area contributed by atoms with Gasteiger partial charge in [0.1, 0.15) is 17.2 Å². The maximum absolute atomic E-state index is 12.6. The summed E-state index contributed by atoms with van der Waals surface area (Å²) < 4.78 is 6.04. The lowest BCUT2D eigenvalue weighted by atomic mass is 9.83. The maximum Gasteiger partial charge on any atom is 0.410 e. The molecule has 3 fully saturated rings. The number of anilines is 1. The number of hydrogen-bond acceptors (Lipinski definition) is 6. The summed E-state index contributed by atoms with van der Waals surface area (Å²) >= 11 is 6.02. The minimum Gasteiger partial charge on any atom is -0.440 e. The quantitative estimate of drug-likeness (QED) is 0.750. The van der Waals surface area contributed by atoms with E-state index in [0.717, 1.165) is 62.2 Å². The van der Waals surface area contributed by atoms with Gasteiger partial charge in [0.15, 0.2) is 0 Å². The first-order chi connectivity index (χ1) is 14.5. The Morgan fingerprint density at radius 1 is 1.13 bits per heavy atom. The molecule has 3 saturated heterocycles. The number of fused-ring (bicyclic) bond motifs is 2. The summed E-state index contributed by atoms with van der Waals surface area (Å²) in [5.41, 5.74) is 0.829. The molecule has 3 aliphatic heterocycles. The maximum atomic E-state index is 12.6. The molecule has 1 aromatic heterocycles. The minimum absolute atomic E-state index is 0.0975. The van der Waals surface area contributed by atoms with E-state index in [2.05, 4.69) is 31.9 Å². The third-order valence-electron chi connectivity index (χ3n) is 6.61. The molecule has 0 radical (unpaired) electrons. The van der Waals surface area contributed by atoms with Gasteiger partial charge < -0.3 is 9.64 Å². The van der Waals surface area contributed by atoms with E-state index in [1.165, 1.54) is 5.56 Å². The van der Waals surface area contributed by atoms with Crippen LogP contribution in [-0.4, -0.2) is 70.2 Å². The first-order valence-corrected chi connectivity index (χ1v) is 10.9. The molecular formula is C22H26ClN5O2. The standard InChI is InChI=1S/C22H26ClN5O2/c1-16-24-9-6-20(25-16)27-10-7-22(8-11-27)19-15-26(12-13-28(19)21(29)30-22)14-17-2-4-18(23)5-3-17/h2-6,9,19H,7-8,10-15H2,1H3. The number of amides is 1. The van der Waals surface area contributed by atoms with Crippen LogP contribution in [0, 0.1) is 6.92 Å². The van der Waals surface area contributed by atoms with E-state index in [9.17, 15) is 4.79 Å². The highest BCUT2D eigenvalue weighted by molar-refractivity contribution is 6.30. The van der Waals surface area contributed by atoms with Crippen molar-refractivity contribution in [3.05, 3.63) is 52.9 Å². The topological polar surface area (TPSA) is 61.8 Å². The third-order valence-corrected chi connectivity index (χ3v) is 6.86. The number of piperazine rings is 1. The van der Waals surface area contributed by atoms with Gasteiger partial charge in [0, 0.05) is 63.3 Å². The number of carbonyl (C=O) groups is 1. The SMILES string of the molecule is Cc1nccc(N2CCC3(CC2)OC(=O)N2CCN(Cc4ccc(Cl)cc4)CC23)n1. The Bertz CT molecular complexity index is 929. The molecule has 0 bridgehead atoms. The highest BCUT2D eigenvalue weighted by atomic mass is 35.5. The third kappa shape index (κ3) is 3.61. The number of hydrogen-bond donors (Lipinski definition) is 0. The minimum atomic E-state index is -0.408. The summed E-state index contributed by atoms with van der Waals surface area (Å²) in [6, 6.07) is 10.1. The fourth-order valence-electron chi connectivity index (χ4n) is 4.97. The van der Waals surface area contributed by atoms with Crippen LogP contribution in [0.1, 0.15) is 24.2 Å². The number of nitrogens with zero attached hydrogens (tertiary/aromatic N) is 5. The van der Waals surface area contributed by atoms with Crippen LogP contribution in [0.4, 0.5) is 10.6 Å². The van der Waals surface area contributed by atoms with E-state index in [1.54, 1.807) is 6.20 Å². The predicted molar refractivity (Wildman–Crippen MR) is 115 cm³/mol. The van der Waals surface area contributed by atoms with E-state index in [1.807, 2.05) is 30.0 Å². The molecule has 1 unspecified atom stereocenters. The first-order valence-electron chi connectivity index (χ1n) is 10.5. The molecule has 5 rings (SSSR count). The second kappa shape index (κ2) is 7.71. The lowest BCUT2D eigenvalue weighted by Gasteiger charge is -2.45. The zero-order chi connectivity index (χ0) is 20.7. The van der Waals surface area contributed by atoms with Crippen molar-refractivity contribution in [2.24, 2.45) is 0 Å². The Kier molecular flexibility index (Phi) is 5.03. The van der Waals surface area contributed by atoms with E-state index in [0.29, 0.717) is 6.54 Å². The van der Waals surface area contributed by atoms with Gasteiger partial charge in [-0.2, -0.15) is 0 Å². The van der Waals surface area contributed by atoms with Gasteiger partial charge >= 0.3 is 6.09 Å². The Morgan fingerprint density at radius 3 is 2.63 bits per heavy atom. The smallest absolute Gasteiger partial charge is 0.410 e. The van der Waals surface area contributed by atoms with E-state index in [-0.39, 0.29) is 12.1 Å². The van der Waals surface area contributed by atoms with Gasteiger partial charge in [-0.3, -0.25) is 9.80 Å². The van der Waals surface area contributed by atoms with Crippen molar-refractivity contribution < 1.29 is 9.53 Å². The van der Waals surface area contributed by atoms with Crippen LogP contribution in [0.15, 0.2) is 36.5 Å². The summed E-state index contributed by atoms with van der Waals surface area (Å²) in [5, 5.41) is 0.753. The van der Waals surface area contributed by atoms with E-state index >= 15 is 0 Å². The molecule has 8 heteroatoms. The van der Waals surface area contributed by atoms with Crippen LogP contribution in [0.25, 0.3) is 0 Å². The van der Waals surface area contributed by atoms with Crippen LogP contribution in [0.5, 0.6) is 0 Å². The number of ether oxygens (including phenoxy) is 1. The van der Waals surface area contributed by atoms with Crippen LogP contribution < -0.4 is 4.90 Å². The van der Waals surface area contributed by atoms with Crippen LogP contribution in [-0.2, 0) is 11.3 Å². The molecule has 1 spiro atoms. The molecule has 1 aromatic carbocycles. The van der Waals surface area contributed by atoms with Crippen LogP contribution in [0.2, 0.25) is 5.02 Å². The Labute approximate surface area is 181 Å². The molecule has 0 aliphatic carbocycles. The molecule has 0 saturated carbocycles. The Morgan fingerprint density at radius 2 is 1.90 bits per heavy atom. The van der Waals surface area contributed by atoms with Gasteiger partial charge in [-0.05, 0) is 30.7 Å². The summed E-state index contributed by atoms with van der Waals surface area (Å²) in [4.78, 5) is 28.0. The van der Waals surface area contributed by atoms with Crippen molar-refractivity contribution in [3.8, 4) is 0 Å². The largest absolute Gasteiger partial charge is 0.440 e. The van der Waals surface area contributed by atoms with Crippen molar-refractivity contribution in [1.29, 1.82) is 0 Å². The normalized spacial score (nSPS) is 23.5. The number of carbonyl (C=O) groups excluding carboxylic acids is 1. The Balaban J connectivity index is 1.29. The van der Waals surface area contributed by atoms with Crippen LogP contribution >= 0.6 is 11.6 Å². The molecule has 158 valence electrons. The Hall–Kier alpha value is -2.38. The van der Waals surface area contributed by atoms with Gasteiger partial charge in [-0.1, -0.05) is 23.7 Å². The zero-order valence-electron chi connectivity index (χ0n) is 17.1. The van der Waals surface area contributed by atoms with Gasteiger partial charge in [0.05, 0.1) is 6.04 Å². The zero-order valence-corrected chi connectivity index (χ0v) is 17.9. The van der Waals surface area contributed by atoms with Crippen molar-refractivity contribution in [2.45, 2.75) is 38.0 Å². The van der Waals surface area contributed by atoms with Crippen molar-refractivity contribution in [3.63, 3.8) is 0 Å². The van der Waals surface area contributed by atoms with Gasteiger partial charge in [0.2, 0.25) is 0 Å². The number of piperidine rings is 1. The number of rotatable bonds is 3. The highest BCUT2D eigenvalue weighted by Crippen LogP contribution is 2.41. The molecule has 4 heterocycles. The van der Waals surface area contributed by atoms with Gasteiger partial charge in [-0.15, -0.1) is 0 Å². The monoisotopic (exact) mass is 427 g/mol. The summed E-state index contributed by atoms with van der Waals surface area (Å²) in [7, 11) is 0. The summed E-state index contributed by atoms with van der Waals surface area (Å²) in [6.45, 7) is 6.82. The number of benzene rings is 1. The lowest BCUT2D eigenvalue weighted by molar-refractivity contribution is -0.00633. The molecule has 3 aliphatic rings. The molecule has 30 heavy (non-hydrogen) atoms. The van der Waals surface area contributed by atoms with Crippen LogP contribution in [0.3, 0.4) is 0 Å². The average Bonchev–Trinajstić information content (AvgIpc) is 3.01. The van der Waals surface area contributed by atoms with E-state index < -0.39 is 5.60 Å². The highest BCUT2D eigenvalue weighted by Gasteiger charge is 2.56. The van der Waals surface area contributed by atoms with Gasteiger partial charge in [-0.25, -0.2) is 14.8 Å².